The highest BCUT2D eigenvalue weighted by molar-refractivity contribution is 8.13. The minimum Gasteiger partial charge on any atom is -0.287 e. The van der Waals surface area contributed by atoms with Gasteiger partial charge < -0.3 is 0 Å². The Morgan fingerprint density at radius 2 is 1.82 bits per heavy atom. The van der Waals surface area contributed by atoms with E-state index in [9.17, 15) is 4.79 Å². The standard InChI is InChI=1S/C15H12OS/c1-12(16)17-15-10-8-14(9-11-15)7-6-13-4-2-3-5-13/h2-5,8-11,13H,1H3. The van der Waals surface area contributed by atoms with Crippen molar-refractivity contribution in [1.29, 1.82) is 0 Å². The Bertz CT molecular complexity index is 514. The van der Waals surface area contributed by atoms with Crippen molar-refractivity contribution in [3.8, 4) is 11.8 Å². The van der Waals surface area contributed by atoms with Crippen LogP contribution in [0.4, 0.5) is 0 Å². The van der Waals surface area contributed by atoms with Gasteiger partial charge in [0.25, 0.3) is 0 Å². The van der Waals surface area contributed by atoms with Crippen LogP contribution in [0.3, 0.4) is 0 Å². The molecular weight excluding hydrogens is 228 g/mol. The number of carbonyl (C=O) groups is 1. The molecule has 1 aromatic rings. The van der Waals surface area contributed by atoms with E-state index in [-0.39, 0.29) is 11.0 Å². The molecule has 0 spiro atoms. The molecule has 84 valence electrons. The van der Waals surface area contributed by atoms with Gasteiger partial charge >= 0.3 is 0 Å². The molecule has 0 aliphatic heterocycles. The van der Waals surface area contributed by atoms with Crippen LogP contribution in [-0.4, -0.2) is 5.12 Å². The summed E-state index contributed by atoms with van der Waals surface area (Å²) in [4.78, 5) is 11.9. The van der Waals surface area contributed by atoms with E-state index in [1.165, 1.54) is 11.8 Å². The van der Waals surface area contributed by atoms with Gasteiger partial charge in [-0.05, 0) is 24.3 Å². The maximum Gasteiger partial charge on any atom is 0.190 e. The van der Waals surface area contributed by atoms with Crippen LogP contribution in [0.2, 0.25) is 0 Å². The Hall–Kier alpha value is -1.72. The number of allylic oxidation sites excluding steroid dienone is 4. The van der Waals surface area contributed by atoms with Gasteiger partial charge in [0, 0.05) is 17.4 Å². The third kappa shape index (κ3) is 3.65. The lowest BCUT2D eigenvalue weighted by Gasteiger charge is -1.97. The van der Waals surface area contributed by atoms with Crippen LogP contribution >= 0.6 is 11.8 Å². The van der Waals surface area contributed by atoms with Gasteiger partial charge in [-0.1, -0.05) is 47.9 Å². The highest BCUT2D eigenvalue weighted by Gasteiger charge is 1.99. The van der Waals surface area contributed by atoms with E-state index in [1.807, 2.05) is 36.4 Å². The Morgan fingerprint density at radius 1 is 1.18 bits per heavy atom. The molecule has 0 unspecified atom stereocenters. The average Bonchev–Trinajstić information content (AvgIpc) is 2.80. The van der Waals surface area contributed by atoms with Gasteiger partial charge in [-0.2, -0.15) is 0 Å². The molecule has 0 N–H and O–H groups in total. The fraction of sp³-hybridized carbons (Fsp3) is 0.133. The summed E-state index contributed by atoms with van der Waals surface area (Å²) >= 11 is 1.24. The van der Waals surface area contributed by atoms with Crippen LogP contribution in [0.1, 0.15) is 12.5 Å². The van der Waals surface area contributed by atoms with E-state index < -0.39 is 0 Å². The highest BCUT2D eigenvalue weighted by atomic mass is 32.2. The van der Waals surface area contributed by atoms with Gasteiger partial charge in [-0.15, -0.1) is 0 Å². The van der Waals surface area contributed by atoms with Crippen LogP contribution in [0, 0.1) is 17.8 Å². The molecule has 0 atom stereocenters. The maximum atomic E-state index is 10.9. The monoisotopic (exact) mass is 240 g/mol. The first kappa shape index (κ1) is 11.8. The maximum absolute atomic E-state index is 10.9. The summed E-state index contributed by atoms with van der Waals surface area (Å²) in [5, 5.41) is 0.102. The van der Waals surface area contributed by atoms with Crippen molar-refractivity contribution >= 4 is 16.9 Å². The van der Waals surface area contributed by atoms with E-state index in [1.54, 1.807) is 6.92 Å². The largest absolute Gasteiger partial charge is 0.287 e. The molecule has 1 aliphatic carbocycles. The minimum absolute atomic E-state index is 0.102. The van der Waals surface area contributed by atoms with Gasteiger partial charge in [-0.25, -0.2) is 0 Å². The summed E-state index contributed by atoms with van der Waals surface area (Å²) in [6.45, 7) is 1.57. The molecule has 0 bridgehead atoms. The summed E-state index contributed by atoms with van der Waals surface area (Å²) in [5.41, 5.74) is 0.978. The van der Waals surface area contributed by atoms with Crippen LogP contribution in [0.15, 0.2) is 53.5 Å². The molecule has 0 saturated carbocycles. The van der Waals surface area contributed by atoms with E-state index >= 15 is 0 Å². The van der Waals surface area contributed by atoms with E-state index in [4.69, 9.17) is 0 Å². The fourth-order valence-electron chi connectivity index (χ4n) is 1.47. The van der Waals surface area contributed by atoms with E-state index in [0.29, 0.717) is 0 Å². The lowest BCUT2D eigenvalue weighted by Crippen LogP contribution is -1.83. The average molecular weight is 240 g/mol. The molecule has 2 heteroatoms. The van der Waals surface area contributed by atoms with Crippen LogP contribution < -0.4 is 0 Å². The Labute approximate surface area is 106 Å². The molecular formula is C15H12OS. The van der Waals surface area contributed by atoms with Crippen LogP contribution in [-0.2, 0) is 4.79 Å². The van der Waals surface area contributed by atoms with E-state index in [2.05, 4.69) is 24.0 Å². The molecule has 0 saturated heterocycles. The lowest BCUT2D eigenvalue weighted by molar-refractivity contribution is -0.109. The zero-order valence-electron chi connectivity index (χ0n) is 9.51. The van der Waals surface area contributed by atoms with Gasteiger partial charge in [0.1, 0.15) is 0 Å². The third-order valence-corrected chi connectivity index (χ3v) is 3.04. The van der Waals surface area contributed by atoms with Gasteiger partial charge in [0.05, 0.1) is 5.92 Å². The molecule has 0 amide bonds. The molecule has 0 heterocycles. The predicted octanol–water partition coefficient (Wildman–Crippen LogP) is 3.42. The Kier molecular flexibility index (Phi) is 3.85. The second-order valence-corrected chi connectivity index (χ2v) is 4.93. The van der Waals surface area contributed by atoms with Gasteiger partial charge in [0.2, 0.25) is 0 Å². The molecule has 17 heavy (non-hydrogen) atoms. The van der Waals surface area contributed by atoms with Crippen molar-refractivity contribution < 1.29 is 4.79 Å². The van der Waals surface area contributed by atoms with Crippen molar-refractivity contribution in [3.63, 3.8) is 0 Å². The highest BCUT2D eigenvalue weighted by Crippen LogP contribution is 2.18. The zero-order chi connectivity index (χ0) is 12.1. The number of thioether (sulfide) groups is 1. The number of benzene rings is 1. The van der Waals surface area contributed by atoms with Crippen LogP contribution in [0.5, 0.6) is 0 Å². The molecule has 1 nitrogen and oxygen atoms in total. The predicted molar refractivity (Wildman–Crippen MR) is 71.6 cm³/mol. The molecule has 1 aromatic carbocycles. The van der Waals surface area contributed by atoms with Crippen LogP contribution in [0.25, 0.3) is 0 Å². The number of rotatable bonds is 1. The van der Waals surface area contributed by atoms with Crippen molar-refractivity contribution in [1.82, 2.24) is 0 Å². The van der Waals surface area contributed by atoms with Crippen molar-refractivity contribution in [2.75, 3.05) is 0 Å². The number of carbonyl (C=O) groups excluding carboxylic acids is 1. The fourth-order valence-corrected chi connectivity index (χ4v) is 2.07. The summed E-state index contributed by atoms with van der Waals surface area (Å²) in [5.74, 6) is 6.52. The number of hydrogen-bond acceptors (Lipinski definition) is 2. The topological polar surface area (TPSA) is 17.1 Å². The first-order valence-corrected chi connectivity index (χ1v) is 6.21. The van der Waals surface area contributed by atoms with Crippen molar-refractivity contribution in [2.24, 2.45) is 5.92 Å². The minimum atomic E-state index is 0.102. The molecule has 0 aromatic heterocycles. The Morgan fingerprint density at radius 3 is 2.41 bits per heavy atom. The first-order chi connectivity index (χ1) is 8.24. The lowest BCUT2D eigenvalue weighted by atomic mass is 10.1. The summed E-state index contributed by atoms with van der Waals surface area (Å²) in [6.07, 6.45) is 8.14. The first-order valence-electron chi connectivity index (χ1n) is 5.39. The Balaban J connectivity index is 2.05. The van der Waals surface area contributed by atoms with Gasteiger partial charge in [-0.3, -0.25) is 4.79 Å². The summed E-state index contributed by atoms with van der Waals surface area (Å²) in [7, 11) is 0. The second kappa shape index (κ2) is 5.56. The number of hydrogen-bond donors (Lipinski definition) is 0. The zero-order valence-corrected chi connectivity index (χ0v) is 10.3. The quantitative estimate of drug-likeness (QED) is 0.552. The summed E-state index contributed by atoms with van der Waals surface area (Å²) in [6, 6.07) is 7.74. The van der Waals surface area contributed by atoms with Crippen molar-refractivity contribution in [2.45, 2.75) is 11.8 Å². The molecule has 2 rings (SSSR count). The molecule has 1 aliphatic rings. The third-order valence-electron chi connectivity index (χ3n) is 2.25. The SMILES string of the molecule is CC(=O)Sc1ccc(C#CC2C=CC=C2)cc1. The molecule has 0 radical (unpaired) electrons. The van der Waals surface area contributed by atoms with Crippen molar-refractivity contribution in [3.05, 3.63) is 54.1 Å². The normalized spacial score (nSPS) is 13.5. The van der Waals surface area contributed by atoms with E-state index in [0.717, 1.165) is 10.5 Å². The van der Waals surface area contributed by atoms with Gasteiger partial charge in [0.15, 0.2) is 5.12 Å². The summed E-state index contributed by atoms with van der Waals surface area (Å²) < 4.78 is 0. The molecule has 0 fully saturated rings. The second-order valence-electron chi connectivity index (χ2n) is 3.68. The smallest absolute Gasteiger partial charge is 0.190 e.